The van der Waals surface area contributed by atoms with Gasteiger partial charge < -0.3 is 0 Å². The van der Waals surface area contributed by atoms with Crippen LogP contribution in [0.15, 0.2) is 30.3 Å². The number of hydrogen-bond donors (Lipinski definition) is 0. The van der Waals surface area contributed by atoms with E-state index in [1.807, 2.05) is 18.2 Å². The van der Waals surface area contributed by atoms with Gasteiger partial charge in [-0.2, -0.15) is 4.80 Å². The molecule has 0 spiro atoms. The molecular weight excluding hydrogens is 212 g/mol. The van der Waals surface area contributed by atoms with Crippen LogP contribution in [0.4, 0.5) is 0 Å². The molecule has 2 rings (SSSR count). The molecule has 1 aromatic carbocycles. The predicted octanol–water partition coefficient (Wildman–Crippen LogP) is 2.31. The normalized spacial score (nSPS) is 11.7. The third-order valence-corrected chi connectivity index (χ3v) is 2.32. The molecule has 0 bridgehead atoms. The van der Waals surface area contributed by atoms with Gasteiger partial charge in [-0.3, -0.25) is 0 Å². The van der Waals surface area contributed by atoms with Crippen molar-refractivity contribution in [2.24, 2.45) is 5.41 Å². The van der Waals surface area contributed by atoms with Crippen molar-refractivity contribution in [1.82, 2.24) is 20.2 Å². The minimum atomic E-state index is 0.171. The highest BCUT2D eigenvalue weighted by Crippen LogP contribution is 2.14. The molecule has 17 heavy (non-hydrogen) atoms. The van der Waals surface area contributed by atoms with Gasteiger partial charge in [0.15, 0.2) is 5.82 Å². The van der Waals surface area contributed by atoms with Crippen molar-refractivity contribution in [2.75, 3.05) is 0 Å². The number of benzene rings is 1. The van der Waals surface area contributed by atoms with Gasteiger partial charge in [-0.15, -0.1) is 10.2 Å². The quantitative estimate of drug-likeness (QED) is 0.812. The highest BCUT2D eigenvalue weighted by atomic mass is 15.6. The molecule has 1 heterocycles. The predicted molar refractivity (Wildman–Crippen MR) is 66.5 cm³/mol. The van der Waals surface area contributed by atoms with Crippen LogP contribution < -0.4 is 0 Å². The third kappa shape index (κ3) is 3.66. The van der Waals surface area contributed by atoms with Gasteiger partial charge in [0.05, 0.1) is 6.54 Å². The van der Waals surface area contributed by atoms with Gasteiger partial charge in [-0.25, -0.2) is 0 Å². The van der Waals surface area contributed by atoms with Crippen LogP contribution >= 0.6 is 0 Å². The number of aromatic nitrogens is 4. The molecule has 1 aromatic heterocycles. The van der Waals surface area contributed by atoms with Gasteiger partial charge >= 0.3 is 0 Å². The zero-order chi connectivity index (χ0) is 12.3. The van der Waals surface area contributed by atoms with Crippen LogP contribution in [0.2, 0.25) is 0 Å². The molecule has 0 saturated carbocycles. The summed E-state index contributed by atoms with van der Waals surface area (Å²) in [7, 11) is 0. The maximum Gasteiger partial charge on any atom is 0.179 e. The number of tetrazole rings is 1. The Balaban J connectivity index is 2.04. The molecule has 0 amide bonds. The highest BCUT2D eigenvalue weighted by molar-refractivity contribution is 5.17. The van der Waals surface area contributed by atoms with E-state index in [1.54, 1.807) is 4.80 Å². The molecule has 0 aliphatic rings. The Morgan fingerprint density at radius 1 is 1.12 bits per heavy atom. The third-order valence-electron chi connectivity index (χ3n) is 2.32. The molecule has 0 saturated heterocycles. The average Bonchev–Trinajstić information content (AvgIpc) is 2.64. The van der Waals surface area contributed by atoms with Crippen LogP contribution in [0, 0.1) is 5.41 Å². The molecule has 0 fully saturated rings. The lowest BCUT2D eigenvalue weighted by Gasteiger charge is -2.15. The van der Waals surface area contributed by atoms with E-state index in [1.165, 1.54) is 5.56 Å². The largest absolute Gasteiger partial charge is 0.179 e. The lowest BCUT2D eigenvalue weighted by molar-refractivity contribution is 0.299. The van der Waals surface area contributed by atoms with Gasteiger partial charge in [-0.1, -0.05) is 51.1 Å². The summed E-state index contributed by atoms with van der Waals surface area (Å²) in [6, 6.07) is 10.2. The fourth-order valence-electron chi connectivity index (χ4n) is 1.62. The van der Waals surface area contributed by atoms with E-state index in [9.17, 15) is 0 Å². The maximum atomic E-state index is 4.39. The number of rotatable bonds is 3. The van der Waals surface area contributed by atoms with Crippen LogP contribution in [0.5, 0.6) is 0 Å². The van der Waals surface area contributed by atoms with E-state index in [-0.39, 0.29) is 5.41 Å². The first kappa shape index (κ1) is 11.8. The topological polar surface area (TPSA) is 43.6 Å². The second-order valence-electron chi connectivity index (χ2n) is 5.46. The lowest BCUT2D eigenvalue weighted by atomic mass is 9.97. The van der Waals surface area contributed by atoms with Crippen molar-refractivity contribution in [1.29, 1.82) is 0 Å². The number of nitrogens with zero attached hydrogens (tertiary/aromatic N) is 4. The van der Waals surface area contributed by atoms with Gasteiger partial charge in [0.1, 0.15) is 0 Å². The van der Waals surface area contributed by atoms with Crippen molar-refractivity contribution < 1.29 is 0 Å². The van der Waals surface area contributed by atoms with E-state index in [0.29, 0.717) is 0 Å². The SMILES string of the molecule is CC(C)(C)Cn1nnc(Cc2ccccc2)n1. The molecule has 0 N–H and O–H groups in total. The fourth-order valence-corrected chi connectivity index (χ4v) is 1.62. The van der Waals surface area contributed by atoms with E-state index in [2.05, 4.69) is 48.3 Å². The van der Waals surface area contributed by atoms with E-state index in [0.717, 1.165) is 18.8 Å². The smallest absolute Gasteiger partial charge is 0.164 e. The molecule has 0 aliphatic heterocycles. The summed E-state index contributed by atoms with van der Waals surface area (Å²) >= 11 is 0. The summed E-state index contributed by atoms with van der Waals surface area (Å²) in [6.07, 6.45) is 0.741. The molecular formula is C13H18N4. The van der Waals surface area contributed by atoms with E-state index < -0.39 is 0 Å². The van der Waals surface area contributed by atoms with Crippen molar-refractivity contribution in [3.8, 4) is 0 Å². The lowest BCUT2D eigenvalue weighted by Crippen LogP contribution is -2.17. The Hall–Kier alpha value is -1.71. The molecule has 4 heteroatoms. The summed E-state index contributed by atoms with van der Waals surface area (Å²) in [4.78, 5) is 1.68. The Labute approximate surface area is 102 Å². The Bertz CT molecular complexity index is 468. The van der Waals surface area contributed by atoms with Gasteiger partial charge in [0.25, 0.3) is 0 Å². The Morgan fingerprint density at radius 2 is 1.82 bits per heavy atom. The van der Waals surface area contributed by atoms with Crippen LogP contribution in [0.3, 0.4) is 0 Å². The van der Waals surface area contributed by atoms with Gasteiger partial charge in [0.2, 0.25) is 0 Å². The van der Waals surface area contributed by atoms with Crippen LogP contribution in [-0.4, -0.2) is 20.2 Å². The average molecular weight is 230 g/mol. The Morgan fingerprint density at radius 3 is 2.47 bits per heavy atom. The fraction of sp³-hybridized carbons (Fsp3) is 0.462. The van der Waals surface area contributed by atoms with Crippen LogP contribution in [0.1, 0.15) is 32.2 Å². The molecule has 0 atom stereocenters. The maximum absolute atomic E-state index is 4.39. The first-order valence-corrected chi connectivity index (χ1v) is 5.83. The van der Waals surface area contributed by atoms with E-state index in [4.69, 9.17) is 0 Å². The van der Waals surface area contributed by atoms with Crippen LogP contribution in [-0.2, 0) is 13.0 Å². The van der Waals surface area contributed by atoms with Crippen LogP contribution in [0.25, 0.3) is 0 Å². The summed E-state index contributed by atoms with van der Waals surface area (Å²) < 4.78 is 0. The van der Waals surface area contributed by atoms with Gasteiger partial charge in [0, 0.05) is 6.42 Å². The molecule has 0 radical (unpaired) electrons. The van der Waals surface area contributed by atoms with E-state index >= 15 is 0 Å². The zero-order valence-electron chi connectivity index (χ0n) is 10.6. The number of hydrogen-bond acceptors (Lipinski definition) is 3. The van der Waals surface area contributed by atoms with Crippen molar-refractivity contribution in [3.63, 3.8) is 0 Å². The van der Waals surface area contributed by atoms with Crippen molar-refractivity contribution >= 4 is 0 Å². The van der Waals surface area contributed by atoms with Crippen molar-refractivity contribution in [3.05, 3.63) is 41.7 Å². The molecule has 0 aliphatic carbocycles. The van der Waals surface area contributed by atoms with Gasteiger partial charge in [-0.05, 0) is 16.2 Å². The first-order valence-electron chi connectivity index (χ1n) is 5.83. The minimum Gasteiger partial charge on any atom is -0.164 e. The first-order chi connectivity index (χ1) is 8.03. The highest BCUT2D eigenvalue weighted by Gasteiger charge is 2.13. The second kappa shape index (κ2) is 4.65. The zero-order valence-corrected chi connectivity index (χ0v) is 10.6. The molecule has 0 unspecified atom stereocenters. The molecule has 2 aromatic rings. The summed E-state index contributed by atoms with van der Waals surface area (Å²) in [5, 5.41) is 12.5. The second-order valence-corrected chi connectivity index (χ2v) is 5.46. The molecule has 4 nitrogen and oxygen atoms in total. The summed E-state index contributed by atoms with van der Waals surface area (Å²) in [6.45, 7) is 7.27. The standard InChI is InChI=1S/C13H18N4/c1-13(2,3)10-17-15-12(14-16-17)9-11-7-5-4-6-8-11/h4-8H,9-10H2,1-3H3. The Kier molecular flexibility index (Phi) is 3.22. The summed E-state index contributed by atoms with van der Waals surface area (Å²) in [5.74, 6) is 0.778. The molecule has 90 valence electrons. The van der Waals surface area contributed by atoms with Crippen molar-refractivity contribution in [2.45, 2.75) is 33.7 Å². The summed E-state index contributed by atoms with van der Waals surface area (Å²) in [5.41, 5.74) is 1.38. The monoisotopic (exact) mass is 230 g/mol. The minimum absolute atomic E-state index is 0.171.